The molecule has 156 valence electrons. The lowest BCUT2D eigenvalue weighted by atomic mass is 10.1. The second-order valence-electron chi connectivity index (χ2n) is 6.82. The van der Waals surface area contributed by atoms with Crippen LogP contribution in [0.1, 0.15) is 21.8 Å². The highest BCUT2D eigenvalue weighted by Crippen LogP contribution is 2.31. The maximum absolute atomic E-state index is 12.7. The van der Waals surface area contributed by atoms with Crippen LogP contribution < -0.4 is 5.32 Å². The van der Waals surface area contributed by atoms with Crippen molar-refractivity contribution < 1.29 is 22.5 Å². The Morgan fingerprint density at radius 1 is 1.27 bits per heavy atom. The number of hydrogen-bond donors (Lipinski definition) is 1. The van der Waals surface area contributed by atoms with Crippen LogP contribution >= 0.6 is 0 Å². The number of nitrogens with zero attached hydrogens (tertiary/aromatic N) is 5. The van der Waals surface area contributed by atoms with Gasteiger partial charge in [-0.3, -0.25) is 9.48 Å². The van der Waals surface area contributed by atoms with Crippen molar-refractivity contribution in [2.45, 2.75) is 19.6 Å². The summed E-state index contributed by atoms with van der Waals surface area (Å²) in [4.78, 5) is 15.5. The monoisotopic (exact) mass is 418 g/mol. The van der Waals surface area contributed by atoms with Crippen molar-refractivity contribution in [2.75, 3.05) is 6.54 Å². The SMILES string of the molecule is Cc1cn(CCNC(=O)c2cnn(C)c2)c2ccc(-c3noc(C(F)(F)F)n3)cc12. The number of aromatic nitrogens is 5. The van der Waals surface area contributed by atoms with Gasteiger partial charge in [-0.1, -0.05) is 5.16 Å². The summed E-state index contributed by atoms with van der Waals surface area (Å²) >= 11 is 0. The fraction of sp³-hybridized carbons (Fsp3) is 0.263. The van der Waals surface area contributed by atoms with E-state index in [0.717, 1.165) is 16.5 Å². The Morgan fingerprint density at radius 2 is 2.07 bits per heavy atom. The predicted molar refractivity (Wildman–Crippen MR) is 101 cm³/mol. The van der Waals surface area contributed by atoms with Crippen LogP contribution in [0.5, 0.6) is 0 Å². The Bertz CT molecular complexity index is 1220. The molecular formula is C19H17F3N6O2. The number of carbonyl (C=O) groups excluding carboxylic acids is 1. The molecule has 0 unspecified atom stereocenters. The summed E-state index contributed by atoms with van der Waals surface area (Å²) in [5.74, 6) is -1.72. The molecule has 3 heterocycles. The molecule has 0 fully saturated rings. The smallest absolute Gasteiger partial charge is 0.350 e. The van der Waals surface area contributed by atoms with Gasteiger partial charge in [0.15, 0.2) is 0 Å². The molecule has 8 nitrogen and oxygen atoms in total. The number of rotatable bonds is 5. The van der Waals surface area contributed by atoms with Gasteiger partial charge in [-0.05, 0) is 30.7 Å². The fourth-order valence-corrected chi connectivity index (χ4v) is 3.19. The Kier molecular flexibility index (Phi) is 4.80. The molecule has 11 heteroatoms. The van der Waals surface area contributed by atoms with E-state index in [0.29, 0.717) is 24.2 Å². The molecule has 30 heavy (non-hydrogen) atoms. The maximum atomic E-state index is 12.7. The van der Waals surface area contributed by atoms with E-state index in [4.69, 9.17) is 0 Å². The lowest BCUT2D eigenvalue weighted by molar-refractivity contribution is -0.159. The van der Waals surface area contributed by atoms with Gasteiger partial charge in [0.1, 0.15) is 0 Å². The van der Waals surface area contributed by atoms with Gasteiger partial charge < -0.3 is 14.4 Å². The summed E-state index contributed by atoms with van der Waals surface area (Å²) in [5, 5.41) is 11.1. The number of nitrogens with one attached hydrogen (secondary N) is 1. The lowest BCUT2D eigenvalue weighted by Gasteiger charge is -2.07. The number of benzene rings is 1. The zero-order chi connectivity index (χ0) is 21.5. The molecule has 1 aromatic carbocycles. The topological polar surface area (TPSA) is 90.8 Å². The fourth-order valence-electron chi connectivity index (χ4n) is 3.19. The second kappa shape index (κ2) is 7.32. The predicted octanol–water partition coefficient (Wildman–Crippen LogP) is 3.18. The molecular weight excluding hydrogens is 401 g/mol. The first-order chi connectivity index (χ1) is 14.2. The molecule has 1 N–H and O–H groups in total. The van der Waals surface area contributed by atoms with E-state index in [9.17, 15) is 18.0 Å². The lowest BCUT2D eigenvalue weighted by Crippen LogP contribution is -2.26. The largest absolute Gasteiger partial charge is 0.471 e. The molecule has 0 saturated carbocycles. The summed E-state index contributed by atoms with van der Waals surface area (Å²) < 4.78 is 45.9. The van der Waals surface area contributed by atoms with Crippen molar-refractivity contribution in [2.24, 2.45) is 7.05 Å². The van der Waals surface area contributed by atoms with E-state index in [2.05, 4.69) is 25.1 Å². The van der Waals surface area contributed by atoms with E-state index in [-0.39, 0.29) is 11.7 Å². The summed E-state index contributed by atoms with van der Waals surface area (Å²) in [6.07, 6.45) is 0.360. The zero-order valence-corrected chi connectivity index (χ0v) is 16.1. The van der Waals surface area contributed by atoms with E-state index in [1.807, 2.05) is 17.7 Å². The molecule has 0 spiro atoms. The maximum Gasteiger partial charge on any atom is 0.471 e. The van der Waals surface area contributed by atoms with Crippen molar-refractivity contribution in [1.82, 2.24) is 29.8 Å². The van der Waals surface area contributed by atoms with Crippen LogP contribution in [0.25, 0.3) is 22.3 Å². The Morgan fingerprint density at radius 3 is 2.73 bits per heavy atom. The van der Waals surface area contributed by atoms with Gasteiger partial charge >= 0.3 is 12.1 Å². The summed E-state index contributed by atoms with van der Waals surface area (Å²) in [7, 11) is 1.73. The number of carbonyl (C=O) groups is 1. The van der Waals surface area contributed by atoms with Gasteiger partial charge in [0.25, 0.3) is 5.91 Å². The van der Waals surface area contributed by atoms with Crippen molar-refractivity contribution in [3.05, 3.63) is 53.8 Å². The molecule has 0 aliphatic carbocycles. The normalized spacial score (nSPS) is 11.9. The van der Waals surface area contributed by atoms with E-state index in [1.165, 1.54) is 6.20 Å². The van der Waals surface area contributed by atoms with Crippen LogP contribution in [0.3, 0.4) is 0 Å². The van der Waals surface area contributed by atoms with Crippen molar-refractivity contribution in [1.29, 1.82) is 0 Å². The van der Waals surface area contributed by atoms with E-state index < -0.39 is 12.1 Å². The van der Waals surface area contributed by atoms with Gasteiger partial charge in [-0.2, -0.15) is 23.3 Å². The quantitative estimate of drug-likeness (QED) is 0.538. The second-order valence-corrected chi connectivity index (χ2v) is 6.82. The molecule has 3 aromatic heterocycles. The molecule has 0 saturated heterocycles. The summed E-state index contributed by atoms with van der Waals surface area (Å²) in [6, 6.07) is 5.14. The third-order valence-corrected chi connectivity index (χ3v) is 4.61. The van der Waals surface area contributed by atoms with Crippen molar-refractivity contribution in [3.63, 3.8) is 0 Å². The molecule has 0 atom stereocenters. The van der Waals surface area contributed by atoms with Crippen LogP contribution in [0, 0.1) is 6.92 Å². The number of aryl methyl sites for hydroxylation is 2. The first-order valence-corrected chi connectivity index (χ1v) is 9.00. The van der Waals surface area contributed by atoms with Crippen molar-refractivity contribution >= 4 is 16.8 Å². The Balaban J connectivity index is 1.50. The van der Waals surface area contributed by atoms with Gasteiger partial charge in [-0.15, -0.1) is 0 Å². The molecule has 1 amide bonds. The van der Waals surface area contributed by atoms with Gasteiger partial charge in [0, 0.05) is 49.0 Å². The standard InChI is InChI=1S/C19H17F3N6O2/c1-11-9-28(6-5-23-17(29)13-8-24-27(2)10-13)15-4-3-12(7-14(11)15)16-25-18(30-26-16)19(20,21)22/h3-4,7-10H,5-6H2,1-2H3,(H,23,29). The van der Waals surface area contributed by atoms with E-state index >= 15 is 0 Å². The highest BCUT2D eigenvalue weighted by molar-refractivity contribution is 5.93. The minimum atomic E-state index is -4.69. The van der Waals surface area contributed by atoms with E-state index in [1.54, 1.807) is 36.1 Å². The number of fused-ring (bicyclic) bond motifs is 1. The minimum absolute atomic E-state index is 0.125. The number of hydrogen-bond acceptors (Lipinski definition) is 5. The van der Waals surface area contributed by atoms with Crippen LogP contribution in [0.2, 0.25) is 0 Å². The molecule has 4 aromatic rings. The third kappa shape index (κ3) is 3.78. The average molecular weight is 418 g/mol. The number of amides is 1. The minimum Gasteiger partial charge on any atom is -0.350 e. The highest BCUT2D eigenvalue weighted by Gasteiger charge is 2.38. The summed E-state index contributed by atoms with van der Waals surface area (Å²) in [6.45, 7) is 2.82. The Hall–Kier alpha value is -3.63. The molecule has 0 bridgehead atoms. The Labute approximate surface area is 168 Å². The average Bonchev–Trinajstić information content (AvgIpc) is 3.41. The zero-order valence-electron chi connectivity index (χ0n) is 16.1. The van der Waals surface area contributed by atoms with Crippen LogP contribution in [-0.2, 0) is 19.8 Å². The molecule has 0 aliphatic rings. The van der Waals surface area contributed by atoms with Crippen molar-refractivity contribution in [3.8, 4) is 11.4 Å². The van der Waals surface area contributed by atoms with Crippen LogP contribution in [0.15, 0.2) is 41.3 Å². The van der Waals surface area contributed by atoms with Crippen LogP contribution in [0.4, 0.5) is 13.2 Å². The highest BCUT2D eigenvalue weighted by atomic mass is 19.4. The van der Waals surface area contributed by atoms with Gasteiger partial charge in [-0.25, -0.2) is 0 Å². The molecule has 0 radical (unpaired) electrons. The summed E-state index contributed by atoms with van der Waals surface area (Å²) in [5.41, 5.74) is 2.72. The molecule has 4 rings (SSSR count). The number of alkyl halides is 3. The first-order valence-electron chi connectivity index (χ1n) is 9.00. The van der Waals surface area contributed by atoms with Gasteiger partial charge in [0.05, 0.1) is 11.8 Å². The number of halogens is 3. The molecule has 0 aliphatic heterocycles. The van der Waals surface area contributed by atoms with Crippen LogP contribution in [-0.4, -0.2) is 36.9 Å². The first kappa shape index (κ1) is 19.7. The van der Waals surface area contributed by atoms with Gasteiger partial charge in [0.2, 0.25) is 5.82 Å². The third-order valence-electron chi connectivity index (χ3n) is 4.61.